The Morgan fingerprint density at radius 1 is 1.50 bits per heavy atom. The van der Waals surface area contributed by atoms with Crippen molar-refractivity contribution >= 4 is 23.6 Å². The summed E-state index contributed by atoms with van der Waals surface area (Å²) in [5.74, 6) is 4.50. The Balaban J connectivity index is 3.89. The van der Waals surface area contributed by atoms with Crippen LogP contribution < -0.4 is 11.3 Å². The minimum absolute atomic E-state index is 0.0256. The molecule has 0 aromatic rings. The molecule has 5 nitrogen and oxygen atoms in total. The number of esters is 1. The Labute approximate surface area is 87.7 Å². The van der Waals surface area contributed by atoms with Gasteiger partial charge in [-0.25, -0.2) is 5.84 Å². The van der Waals surface area contributed by atoms with Crippen molar-refractivity contribution in [3.8, 4) is 0 Å². The second kappa shape index (κ2) is 6.67. The van der Waals surface area contributed by atoms with Gasteiger partial charge in [-0.05, 0) is 0 Å². The van der Waals surface area contributed by atoms with Crippen molar-refractivity contribution in [2.45, 2.75) is 19.1 Å². The van der Waals surface area contributed by atoms with E-state index < -0.39 is 0 Å². The lowest BCUT2D eigenvalue weighted by atomic mass is 10.1. The van der Waals surface area contributed by atoms with Gasteiger partial charge in [-0.1, -0.05) is 13.8 Å². The molecule has 14 heavy (non-hydrogen) atoms. The van der Waals surface area contributed by atoms with Gasteiger partial charge in [-0.2, -0.15) is 0 Å². The maximum Gasteiger partial charge on any atom is 0.315 e. The van der Waals surface area contributed by atoms with Crippen molar-refractivity contribution in [3.05, 3.63) is 0 Å². The second-order valence-electron chi connectivity index (χ2n) is 2.89. The largest absolute Gasteiger partial charge is 0.468 e. The summed E-state index contributed by atoms with van der Waals surface area (Å²) in [6.45, 7) is 3.63. The van der Waals surface area contributed by atoms with Gasteiger partial charge in [0.1, 0.15) is 0 Å². The molecule has 0 bridgehead atoms. The number of nitrogens with two attached hydrogens (primary N) is 1. The van der Waals surface area contributed by atoms with Crippen LogP contribution in [0.4, 0.5) is 0 Å². The zero-order chi connectivity index (χ0) is 11.1. The van der Waals surface area contributed by atoms with Crippen molar-refractivity contribution < 1.29 is 14.3 Å². The molecule has 0 saturated heterocycles. The van der Waals surface area contributed by atoms with Crippen LogP contribution in [0.15, 0.2) is 0 Å². The second-order valence-corrected chi connectivity index (χ2v) is 4.26. The van der Waals surface area contributed by atoms with Gasteiger partial charge < -0.3 is 4.74 Å². The van der Waals surface area contributed by atoms with Gasteiger partial charge in [-0.15, -0.1) is 11.8 Å². The molecule has 0 aromatic heterocycles. The predicted octanol–water partition coefficient (Wildman–Crippen LogP) is -0.0929. The van der Waals surface area contributed by atoms with Crippen molar-refractivity contribution in [1.82, 2.24) is 5.43 Å². The Kier molecular flexibility index (Phi) is 6.31. The van der Waals surface area contributed by atoms with Crippen LogP contribution >= 0.6 is 11.8 Å². The van der Waals surface area contributed by atoms with E-state index in [4.69, 9.17) is 5.84 Å². The van der Waals surface area contributed by atoms with Gasteiger partial charge in [-0.3, -0.25) is 15.0 Å². The number of methoxy groups -OCH3 is 1. The summed E-state index contributed by atoms with van der Waals surface area (Å²) in [5, 5.41) is 0.0256. The van der Waals surface area contributed by atoms with E-state index in [0.29, 0.717) is 0 Å². The standard InChI is InChI=1S/C8H16N2O3S/c1-5(8(12)10-9)6(2)14-4-7(11)13-3/h5-6H,4,9H2,1-3H3,(H,10,12). The summed E-state index contributed by atoms with van der Waals surface area (Å²) >= 11 is 1.37. The first-order valence-electron chi connectivity index (χ1n) is 4.21. The van der Waals surface area contributed by atoms with E-state index in [9.17, 15) is 9.59 Å². The number of hydrazine groups is 1. The minimum Gasteiger partial charge on any atom is -0.468 e. The number of hydrogen-bond donors (Lipinski definition) is 2. The zero-order valence-corrected chi connectivity index (χ0v) is 9.39. The lowest BCUT2D eigenvalue weighted by Gasteiger charge is -2.16. The Morgan fingerprint density at radius 3 is 2.50 bits per heavy atom. The third-order valence-corrected chi connectivity index (χ3v) is 3.29. The monoisotopic (exact) mass is 220 g/mol. The van der Waals surface area contributed by atoms with Gasteiger partial charge in [0, 0.05) is 11.2 Å². The molecule has 0 radical (unpaired) electrons. The van der Waals surface area contributed by atoms with Crippen molar-refractivity contribution in [2.24, 2.45) is 11.8 Å². The maximum atomic E-state index is 11.1. The van der Waals surface area contributed by atoms with Crippen LogP contribution in [-0.2, 0) is 14.3 Å². The van der Waals surface area contributed by atoms with E-state index in [1.807, 2.05) is 6.92 Å². The fourth-order valence-corrected chi connectivity index (χ4v) is 1.68. The Bertz CT molecular complexity index is 211. The number of amides is 1. The Morgan fingerprint density at radius 2 is 2.07 bits per heavy atom. The molecule has 1 amide bonds. The van der Waals surface area contributed by atoms with E-state index in [1.165, 1.54) is 18.9 Å². The summed E-state index contributed by atoms with van der Waals surface area (Å²) in [6, 6.07) is 0. The predicted molar refractivity (Wildman–Crippen MR) is 55.4 cm³/mol. The number of carbonyl (C=O) groups is 2. The molecule has 82 valence electrons. The average Bonchev–Trinajstić information content (AvgIpc) is 2.22. The molecule has 3 N–H and O–H groups in total. The SMILES string of the molecule is COC(=O)CSC(C)C(C)C(=O)NN. The molecular formula is C8H16N2O3S. The van der Waals surface area contributed by atoms with E-state index in [2.05, 4.69) is 10.2 Å². The third-order valence-electron chi connectivity index (χ3n) is 1.95. The van der Waals surface area contributed by atoms with Crippen molar-refractivity contribution in [3.63, 3.8) is 0 Å². The molecule has 0 aliphatic rings. The van der Waals surface area contributed by atoms with E-state index in [1.54, 1.807) is 6.92 Å². The number of carbonyl (C=O) groups excluding carboxylic acids is 2. The smallest absolute Gasteiger partial charge is 0.315 e. The first kappa shape index (κ1) is 13.2. The fourth-order valence-electron chi connectivity index (χ4n) is 0.747. The van der Waals surface area contributed by atoms with Gasteiger partial charge >= 0.3 is 5.97 Å². The molecule has 2 unspecified atom stereocenters. The molecule has 0 heterocycles. The molecule has 0 aromatic carbocycles. The molecule has 0 aliphatic heterocycles. The number of hydrogen-bond acceptors (Lipinski definition) is 5. The Hall–Kier alpha value is -0.750. The molecular weight excluding hydrogens is 204 g/mol. The van der Waals surface area contributed by atoms with Crippen LogP contribution in [0.25, 0.3) is 0 Å². The normalized spacial score (nSPS) is 14.3. The van der Waals surface area contributed by atoms with Gasteiger partial charge in [0.25, 0.3) is 0 Å². The number of nitrogens with one attached hydrogen (secondary N) is 1. The summed E-state index contributed by atoms with van der Waals surface area (Å²) in [5.41, 5.74) is 2.08. The number of ether oxygens (including phenoxy) is 1. The fraction of sp³-hybridized carbons (Fsp3) is 0.750. The van der Waals surface area contributed by atoms with Gasteiger partial charge in [0.05, 0.1) is 12.9 Å². The van der Waals surface area contributed by atoms with E-state index in [-0.39, 0.29) is 28.8 Å². The van der Waals surface area contributed by atoms with E-state index >= 15 is 0 Å². The maximum absolute atomic E-state index is 11.1. The van der Waals surface area contributed by atoms with Crippen molar-refractivity contribution in [1.29, 1.82) is 0 Å². The average molecular weight is 220 g/mol. The van der Waals surface area contributed by atoms with Crippen LogP contribution in [0.5, 0.6) is 0 Å². The summed E-state index contributed by atoms with van der Waals surface area (Å²) in [7, 11) is 1.34. The highest BCUT2D eigenvalue weighted by Gasteiger charge is 2.20. The topological polar surface area (TPSA) is 81.4 Å². The number of rotatable bonds is 5. The molecule has 0 spiro atoms. The highest BCUT2D eigenvalue weighted by atomic mass is 32.2. The highest BCUT2D eigenvalue weighted by Crippen LogP contribution is 2.19. The van der Waals surface area contributed by atoms with Crippen LogP contribution in [0.2, 0.25) is 0 Å². The van der Waals surface area contributed by atoms with Crippen molar-refractivity contribution in [2.75, 3.05) is 12.9 Å². The molecule has 0 saturated carbocycles. The quantitative estimate of drug-likeness (QED) is 0.293. The summed E-state index contributed by atoms with van der Waals surface area (Å²) in [6.07, 6.45) is 0. The summed E-state index contributed by atoms with van der Waals surface area (Å²) < 4.78 is 4.48. The lowest BCUT2D eigenvalue weighted by Crippen LogP contribution is -2.38. The first-order chi connectivity index (χ1) is 6.52. The van der Waals surface area contributed by atoms with Crippen LogP contribution in [-0.4, -0.2) is 30.0 Å². The minimum atomic E-state index is -0.290. The lowest BCUT2D eigenvalue weighted by molar-refractivity contribution is -0.137. The summed E-state index contributed by atoms with van der Waals surface area (Å²) in [4.78, 5) is 21.9. The molecule has 2 atom stereocenters. The molecule has 0 aliphatic carbocycles. The highest BCUT2D eigenvalue weighted by molar-refractivity contribution is 8.00. The first-order valence-corrected chi connectivity index (χ1v) is 5.26. The molecule has 6 heteroatoms. The molecule has 0 fully saturated rings. The van der Waals surface area contributed by atoms with Crippen LogP contribution in [0.1, 0.15) is 13.8 Å². The van der Waals surface area contributed by atoms with Gasteiger partial charge in [0.2, 0.25) is 5.91 Å². The van der Waals surface area contributed by atoms with Gasteiger partial charge in [0.15, 0.2) is 0 Å². The van der Waals surface area contributed by atoms with E-state index in [0.717, 1.165) is 0 Å². The van der Waals surface area contributed by atoms with Crippen LogP contribution in [0, 0.1) is 5.92 Å². The van der Waals surface area contributed by atoms with Crippen LogP contribution in [0.3, 0.4) is 0 Å². The molecule has 0 rings (SSSR count). The number of thioether (sulfide) groups is 1. The zero-order valence-electron chi connectivity index (χ0n) is 8.57. The third kappa shape index (κ3) is 4.48.